The van der Waals surface area contributed by atoms with Crippen molar-refractivity contribution >= 4 is 17.3 Å². The topological polar surface area (TPSA) is 98.3 Å². The summed E-state index contributed by atoms with van der Waals surface area (Å²) in [6.07, 6.45) is 0. The molecular formula is C9H11N3O3. The Hall–Kier alpha value is -2.11. The highest BCUT2D eigenvalue weighted by Gasteiger charge is 2.15. The Balaban J connectivity index is 3.02. The molecule has 0 aliphatic rings. The summed E-state index contributed by atoms with van der Waals surface area (Å²) in [5.74, 6) is -0.562. The van der Waals surface area contributed by atoms with Crippen molar-refractivity contribution in [2.24, 2.45) is 5.73 Å². The molecule has 0 spiro atoms. The van der Waals surface area contributed by atoms with E-state index in [2.05, 4.69) is 5.32 Å². The molecule has 1 rings (SSSR count). The minimum atomic E-state index is -0.562. The van der Waals surface area contributed by atoms with E-state index in [1.54, 1.807) is 19.1 Å². The van der Waals surface area contributed by atoms with Gasteiger partial charge in [0.05, 0.1) is 11.5 Å². The van der Waals surface area contributed by atoms with Crippen molar-refractivity contribution in [1.29, 1.82) is 0 Å². The molecular weight excluding hydrogens is 198 g/mol. The monoisotopic (exact) mass is 209 g/mol. The number of nitro groups is 1. The first-order chi connectivity index (χ1) is 7.02. The second-order valence-electron chi connectivity index (χ2n) is 3.05. The van der Waals surface area contributed by atoms with Gasteiger partial charge in [-0.2, -0.15) is 0 Å². The Morgan fingerprint density at radius 2 is 2.27 bits per heavy atom. The van der Waals surface area contributed by atoms with Gasteiger partial charge in [0.2, 0.25) is 5.91 Å². The van der Waals surface area contributed by atoms with Crippen LogP contribution in [0.4, 0.5) is 11.4 Å². The first-order valence-electron chi connectivity index (χ1n) is 4.28. The molecule has 0 aliphatic heterocycles. The van der Waals surface area contributed by atoms with Gasteiger partial charge in [0.25, 0.3) is 5.69 Å². The van der Waals surface area contributed by atoms with E-state index in [-0.39, 0.29) is 12.2 Å². The van der Waals surface area contributed by atoms with Gasteiger partial charge in [-0.15, -0.1) is 0 Å². The summed E-state index contributed by atoms with van der Waals surface area (Å²) in [6.45, 7) is 1.60. The largest absolute Gasteiger partial charge is 0.370 e. The number of nitrogens with two attached hydrogens (primary N) is 1. The van der Waals surface area contributed by atoms with Crippen LogP contribution in [0.5, 0.6) is 0 Å². The van der Waals surface area contributed by atoms with E-state index in [0.717, 1.165) is 0 Å². The number of benzene rings is 1. The Morgan fingerprint density at radius 1 is 1.60 bits per heavy atom. The first kappa shape index (κ1) is 11.0. The summed E-state index contributed by atoms with van der Waals surface area (Å²) in [5.41, 5.74) is 5.92. The number of carbonyl (C=O) groups is 1. The molecule has 0 saturated heterocycles. The lowest BCUT2D eigenvalue weighted by atomic mass is 10.1. The van der Waals surface area contributed by atoms with Gasteiger partial charge in [-0.3, -0.25) is 14.9 Å². The van der Waals surface area contributed by atoms with Crippen LogP contribution in [0.15, 0.2) is 18.2 Å². The number of para-hydroxylation sites is 1. The summed E-state index contributed by atoms with van der Waals surface area (Å²) in [4.78, 5) is 20.7. The number of anilines is 1. The molecule has 0 saturated carbocycles. The number of amides is 1. The summed E-state index contributed by atoms with van der Waals surface area (Å²) >= 11 is 0. The van der Waals surface area contributed by atoms with Gasteiger partial charge in [-0.25, -0.2) is 0 Å². The third kappa shape index (κ3) is 2.67. The molecule has 1 amide bonds. The first-order valence-corrected chi connectivity index (χ1v) is 4.28. The van der Waals surface area contributed by atoms with E-state index in [0.29, 0.717) is 11.3 Å². The molecule has 0 atom stereocenters. The van der Waals surface area contributed by atoms with Gasteiger partial charge in [0, 0.05) is 6.07 Å². The zero-order valence-corrected chi connectivity index (χ0v) is 8.19. The molecule has 6 heteroatoms. The fraction of sp³-hybridized carbons (Fsp3) is 0.222. The average Bonchev–Trinajstić information content (AvgIpc) is 2.15. The maximum Gasteiger partial charge on any atom is 0.292 e. The van der Waals surface area contributed by atoms with Gasteiger partial charge in [-0.1, -0.05) is 12.1 Å². The number of carbonyl (C=O) groups excluding carboxylic acids is 1. The van der Waals surface area contributed by atoms with Crippen LogP contribution >= 0.6 is 0 Å². The van der Waals surface area contributed by atoms with Crippen LogP contribution in [0.2, 0.25) is 0 Å². The van der Waals surface area contributed by atoms with E-state index in [9.17, 15) is 14.9 Å². The van der Waals surface area contributed by atoms with Gasteiger partial charge < -0.3 is 11.1 Å². The Kier molecular flexibility index (Phi) is 3.22. The normalized spacial score (nSPS) is 9.67. The predicted molar refractivity (Wildman–Crippen MR) is 55.5 cm³/mol. The van der Waals surface area contributed by atoms with Crippen molar-refractivity contribution in [3.63, 3.8) is 0 Å². The fourth-order valence-corrected chi connectivity index (χ4v) is 1.21. The number of hydrogen-bond acceptors (Lipinski definition) is 4. The van der Waals surface area contributed by atoms with Crippen LogP contribution in [0.1, 0.15) is 5.56 Å². The highest BCUT2D eigenvalue weighted by molar-refractivity contribution is 5.80. The van der Waals surface area contributed by atoms with Crippen molar-refractivity contribution in [2.45, 2.75) is 6.92 Å². The van der Waals surface area contributed by atoms with E-state index in [4.69, 9.17) is 5.73 Å². The maximum absolute atomic E-state index is 10.7. The Bertz CT molecular complexity index is 404. The number of nitro benzene ring substituents is 1. The molecule has 0 radical (unpaired) electrons. The number of primary amides is 1. The molecule has 15 heavy (non-hydrogen) atoms. The fourth-order valence-electron chi connectivity index (χ4n) is 1.21. The van der Waals surface area contributed by atoms with Crippen molar-refractivity contribution in [1.82, 2.24) is 0 Å². The standard InChI is InChI=1S/C9H11N3O3/c1-6-3-2-4-7(12(14)15)9(6)11-5-8(10)13/h2-4,11H,5H2,1H3,(H2,10,13). The molecule has 1 aromatic rings. The number of hydrogen-bond donors (Lipinski definition) is 2. The van der Waals surface area contributed by atoms with Crippen LogP contribution in [0, 0.1) is 17.0 Å². The van der Waals surface area contributed by atoms with Crippen molar-refractivity contribution in [3.8, 4) is 0 Å². The van der Waals surface area contributed by atoms with Gasteiger partial charge in [0.1, 0.15) is 5.69 Å². The number of aryl methyl sites for hydroxylation is 1. The highest BCUT2D eigenvalue weighted by Crippen LogP contribution is 2.27. The lowest BCUT2D eigenvalue weighted by Gasteiger charge is -2.07. The molecule has 1 aromatic carbocycles. The summed E-state index contributed by atoms with van der Waals surface area (Å²) in [6, 6.07) is 4.68. The molecule has 6 nitrogen and oxygen atoms in total. The van der Waals surface area contributed by atoms with E-state index >= 15 is 0 Å². The lowest BCUT2D eigenvalue weighted by molar-refractivity contribution is -0.384. The summed E-state index contributed by atoms with van der Waals surface area (Å²) in [7, 11) is 0. The molecule has 0 fully saturated rings. The second kappa shape index (κ2) is 4.41. The Morgan fingerprint density at radius 3 is 2.80 bits per heavy atom. The molecule has 0 aliphatic carbocycles. The quantitative estimate of drug-likeness (QED) is 0.566. The van der Waals surface area contributed by atoms with Crippen LogP contribution in [-0.2, 0) is 4.79 Å². The molecule has 80 valence electrons. The van der Waals surface area contributed by atoms with Crippen LogP contribution < -0.4 is 11.1 Å². The van der Waals surface area contributed by atoms with Crippen molar-refractivity contribution in [3.05, 3.63) is 33.9 Å². The Labute approximate surface area is 86.2 Å². The zero-order chi connectivity index (χ0) is 11.4. The SMILES string of the molecule is Cc1cccc([N+](=O)[O-])c1NCC(N)=O. The van der Waals surface area contributed by atoms with Crippen LogP contribution in [0.25, 0.3) is 0 Å². The highest BCUT2D eigenvalue weighted by atomic mass is 16.6. The van der Waals surface area contributed by atoms with Gasteiger partial charge in [-0.05, 0) is 12.5 Å². The molecule has 0 heterocycles. The van der Waals surface area contributed by atoms with Crippen LogP contribution in [-0.4, -0.2) is 17.4 Å². The van der Waals surface area contributed by atoms with Gasteiger partial charge in [0.15, 0.2) is 0 Å². The van der Waals surface area contributed by atoms with E-state index < -0.39 is 10.8 Å². The predicted octanol–water partition coefficient (Wildman–Crippen LogP) is 0.800. The number of nitrogens with zero attached hydrogens (tertiary/aromatic N) is 1. The molecule has 0 aromatic heterocycles. The van der Waals surface area contributed by atoms with Crippen molar-refractivity contribution in [2.75, 3.05) is 11.9 Å². The zero-order valence-electron chi connectivity index (χ0n) is 8.19. The van der Waals surface area contributed by atoms with E-state index in [1.807, 2.05) is 0 Å². The minimum absolute atomic E-state index is 0.0590. The third-order valence-corrected chi connectivity index (χ3v) is 1.89. The molecule has 0 unspecified atom stereocenters. The third-order valence-electron chi connectivity index (χ3n) is 1.89. The average molecular weight is 209 g/mol. The minimum Gasteiger partial charge on any atom is -0.370 e. The number of nitrogens with one attached hydrogen (secondary N) is 1. The summed E-state index contributed by atoms with van der Waals surface area (Å²) in [5, 5.41) is 13.3. The van der Waals surface area contributed by atoms with Gasteiger partial charge >= 0.3 is 0 Å². The van der Waals surface area contributed by atoms with Crippen LogP contribution in [0.3, 0.4) is 0 Å². The maximum atomic E-state index is 10.7. The van der Waals surface area contributed by atoms with E-state index in [1.165, 1.54) is 6.07 Å². The molecule has 0 bridgehead atoms. The molecule has 3 N–H and O–H groups in total. The summed E-state index contributed by atoms with van der Waals surface area (Å²) < 4.78 is 0. The van der Waals surface area contributed by atoms with Crippen molar-refractivity contribution < 1.29 is 9.72 Å². The smallest absolute Gasteiger partial charge is 0.292 e. The lowest BCUT2D eigenvalue weighted by Crippen LogP contribution is -2.22. The second-order valence-corrected chi connectivity index (χ2v) is 3.05. The number of rotatable bonds is 4.